The van der Waals surface area contributed by atoms with Crippen LogP contribution in [0.15, 0.2) is 24.3 Å². The summed E-state index contributed by atoms with van der Waals surface area (Å²) in [4.78, 5) is 15.0. The zero-order valence-corrected chi connectivity index (χ0v) is 13.1. The number of aromatic nitrogens is 1. The van der Waals surface area contributed by atoms with Crippen LogP contribution in [0.2, 0.25) is 0 Å². The van der Waals surface area contributed by atoms with Crippen molar-refractivity contribution in [3.63, 3.8) is 0 Å². The van der Waals surface area contributed by atoms with Crippen LogP contribution in [0, 0.1) is 11.3 Å². The molecule has 0 unspecified atom stereocenters. The van der Waals surface area contributed by atoms with Gasteiger partial charge in [-0.3, -0.25) is 0 Å². The molecule has 3 N–H and O–H groups in total. The van der Waals surface area contributed by atoms with Gasteiger partial charge in [0.15, 0.2) is 6.61 Å². The van der Waals surface area contributed by atoms with Gasteiger partial charge in [0.2, 0.25) is 0 Å². The molecule has 1 aliphatic rings. The van der Waals surface area contributed by atoms with Crippen molar-refractivity contribution in [1.82, 2.24) is 4.98 Å². The lowest BCUT2D eigenvalue weighted by molar-refractivity contribution is -0.139. The average molecular weight is 323 g/mol. The van der Waals surface area contributed by atoms with E-state index in [1.165, 1.54) is 0 Å². The van der Waals surface area contributed by atoms with E-state index in [1.54, 1.807) is 12.1 Å². The number of nitrogens with two attached hydrogens (primary N) is 1. The first kappa shape index (κ1) is 15.8. The second kappa shape index (κ2) is 6.59. The Hall–Kier alpha value is -3.07. The van der Waals surface area contributed by atoms with Gasteiger partial charge in [0, 0.05) is 11.3 Å². The smallest absolute Gasteiger partial charge is 0.341 e. The quantitative estimate of drug-likeness (QED) is 0.895. The Morgan fingerprint density at radius 3 is 2.67 bits per heavy atom. The van der Waals surface area contributed by atoms with Crippen LogP contribution in [0.25, 0.3) is 11.1 Å². The Labute approximate surface area is 139 Å². The molecular weight excluding hydrogens is 306 g/mol. The van der Waals surface area contributed by atoms with Gasteiger partial charge in [-0.2, -0.15) is 5.26 Å². The number of aryl methyl sites for hydroxylation is 1. The van der Waals surface area contributed by atoms with E-state index in [0.717, 1.165) is 48.1 Å². The number of aliphatic carboxylic acids is 1. The predicted molar refractivity (Wildman–Crippen MR) is 88.6 cm³/mol. The number of anilines is 1. The van der Waals surface area contributed by atoms with Crippen LogP contribution in [0.1, 0.15) is 29.7 Å². The third-order valence-electron chi connectivity index (χ3n) is 4.12. The molecule has 0 saturated heterocycles. The van der Waals surface area contributed by atoms with E-state index in [1.807, 2.05) is 12.1 Å². The van der Waals surface area contributed by atoms with E-state index >= 15 is 0 Å². The second-order valence-corrected chi connectivity index (χ2v) is 5.70. The number of hydrogen-bond acceptors (Lipinski definition) is 5. The summed E-state index contributed by atoms with van der Waals surface area (Å²) in [7, 11) is 0. The fourth-order valence-corrected chi connectivity index (χ4v) is 3.06. The van der Waals surface area contributed by atoms with E-state index in [0.29, 0.717) is 11.3 Å². The molecule has 0 aliphatic heterocycles. The van der Waals surface area contributed by atoms with Crippen molar-refractivity contribution in [2.75, 3.05) is 12.3 Å². The maximum Gasteiger partial charge on any atom is 0.341 e. The number of carbonyl (C=O) groups is 1. The highest BCUT2D eigenvalue weighted by Gasteiger charge is 2.21. The SMILES string of the molecule is N#Cc1c(N)nc2c(c1-c1ccc(OCC(=O)O)cc1)CCCC2. The van der Waals surface area contributed by atoms with Crippen molar-refractivity contribution < 1.29 is 14.6 Å². The van der Waals surface area contributed by atoms with Gasteiger partial charge in [0.05, 0.1) is 0 Å². The Morgan fingerprint density at radius 2 is 2.00 bits per heavy atom. The Morgan fingerprint density at radius 1 is 1.29 bits per heavy atom. The fraction of sp³-hybridized carbons (Fsp3) is 0.278. The first-order chi connectivity index (χ1) is 11.6. The van der Waals surface area contributed by atoms with E-state index in [9.17, 15) is 10.1 Å². The third-order valence-corrected chi connectivity index (χ3v) is 4.12. The van der Waals surface area contributed by atoms with Crippen molar-refractivity contribution in [2.45, 2.75) is 25.7 Å². The highest BCUT2D eigenvalue weighted by molar-refractivity contribution is 5.79. The van der Waals surface area contributed by atoms with Gasteiger partial charge >= 0.3 is 5.97 Å². The number of fused-ring (bicyclic) bond motifs is 1. The van der Waals surface area contributed by atoms with Crippen LogP contribution in [0.4, 0.5) is 5.82 Å². The van der Waals surface area contributed by atoms with Crippen molar-refractivity contribution >= 4 is 11.8 Å². The summed E-state index contributed by atoms with van der Waals surface area (Å²) in [5.41, 5.74) is 10.1. The minimum absolute atomic E-state index is 0.263. The fourth-order valence-electron chi connectivity index (χ4n) is 3.06. The third kappa shape index (κ3) is 3.01. The molecule has 1 aromatic carbocycles. The maximum absolute atomic E-state index is 10.6. The van der Waals surface area contributed by atoms with Gasteiger partial charge in [-0.15, -0.1) is 0 Å². The number of nitrogens with zero attached hydrogens (tertiary/aromatic N) is 2. The summed E-state index contributed by atoms with van der Waals surface area (Å²) in [5.74, 6) is -0.295. The summed E-state index contributed by atoms with van der Waals surface area (Å²) in [5, 5.41) is 18.2. The first-order valence-corrected chi connectivity index (χ1v) is 7.76. The van der Waals surface area contributed by atoms with Crippen LogP contribution in [-0.2, 0) is 17.6 Å². The van der Waals surface area contributed by atoms with Crippen LogP contribution in [0.3, 0.4) is 0 Å². The highest BCUT2D eigenvalue weighted by atomic mass is 16.5. The number of hydrogen-bond donors (Lipinski definition) is 2. The topological polar surface area (TPSA) is 109 Å². The molecule has 1 aromatic heterocycles. The van der Waals surface area contributed by atoms with Crippen molar-refractivity contribution in [2.24, 2.45) is 0 Å². The molecule has 0 atom stereocenters. The molecule has 0 fully saturated rings. The van der Waals surface area contributed by atoms with Gasteiger partial charge in [0.25, 0.3) is 0 Å². The summed E-state index contributed by atoms with van der Waals surface area (Å²) >= 11 is 0. The van der Waals surface area contributed by atoms with Crippen molar-refractivity contribution in [3.05, 3.63) is 41.1 Å². The van der Waals surface area contributed by atoms with Gasteiger partial charge in [-0.05, 0) is 48.9 Å². The highest BCUT2D eigenvalue weighted by Crippen LogP contribution is 2.36. The number of nitriles is 1. The predicted octanol–water partition coefficient (Wildman–Crippen LogP) is 2.54. The maximum atomic E-state index is 10.6. The lowest BCUT2D eigenvalue weighted by Gasteiger charge is -2.21. The number of pyridine rings is 1. The van der Waals surface area contributed by atoms with E-state index < -0.39 is 5.97 Å². The minimum Gasteiger partial charge on any atom is -0.482 e. The molecule has 24 heavy (non-hydrogen) atoms. The summed E-state index contributed by atoms with van der Waals surface area (Å²) in [6.45, 7) is -0.388. The molecule has 1 aliphatic carbocycles. The Kier molecular flexibility index (Phi) is 4.34. The Bertz CT molecular complexity index is 823. The number of benzene rings is 1. The van der Waals surface area contributed by atoms with Crippen LogP contribution in [-0.4, -0.2) is 22.7 Å². The van der Waals surface area contributed by atoms with Crippen molar-refractivity contribution in [1.29, 1.82) is 5.26 Å². The molecule has 0 bridgehead atoms. The Balaban J connectivity index is 2.04. The zero-order valence-electron chi connectivity index (χ0n) is 13.1. The molecule has 0 radical (unpaired) electrons. The number of ether oxygens (including phenoxy) is 1. The van der Waals surface area contributed by atoms with E-state index in [-0.39, 0.29) is 12.4 Å². The number of carboxylic acid groups (broad SMARTS) is 1. The van der Waals surface area contributed by atoms with Gasteiger partial charge < -0.3 is 15.6 Å². The van der Waals surface area contributed by atoms with Crippen LogP contribution < -0.4 is 10.5 Å². The van der Waals surface area contributed by atoms with E-state index in [4.69, 9.17) is 15.6 Å². The number of rotatable bonds is 4. The van der Waals surface area contributed by atoms with Gasteiger partial charge in [0.1, 0.15) is 23.2 Å². The molecule has 1 heterocycles. The summed E-state index contributed by atoms with van der Waals surface area (Å²) in [6, 6.07) is 9.21. The summed E-state index contributed by atoms with van der Waals surface area (Å²) in [6.07, 6.45) is 3.89. The van der Waals surface area contributed by atoms with Gasteiger partial charge in [-0.25, -0.2) is 9.78 Å². The van der Waals surface area contributed by atoms with Crippen LogP contribution in [0.5, 0.6) is 5.75 Å². The second-order valence-electron chi connectivity index (χ2n) is 5.70. The summed E-state index contributed by atoms with van der Waals surface area (Å²) < 4.78 is 5.15. The average Bonchev–Trinajstić information content (AvgIpc) is 2.59. The van der Waals surface area contributed by atoms with Crippen LogP contribution >= 0.6 is 0 Å². The van der Waals surface area contributed by atoms with Gasteiger partial charge in [-0.1, -0.05) is 12.1 Å². The lowest BCUT2D eigenvalue weighted by atomic mass is 9.86. The van der Waals surface area contributed by atoms with Crippen molar-refractivity contribution in [3.8, 4) is 22.9 Å². The zero-order chi connectivity index (χ0) is 17.1. The largest absolute Gasteiger partial charge is 0.482 e. The minimum atomic E-state index is -1.03. The molecule has 0 amide bonds. The molecule has 0 saturated carbocycles. The molecule has 122 valence electrons. The van der Waals surface area contributed by atoms with E-state index in [2.05, 4.69) is 11.1 Å². The number of nitrogen functional groups attached to an aromatic ring is 1. The molecule has 2 aromatic rings. The lowest BCUT2D eigenvalue weighted by Crippen LogP contribution is -2.12. The molecular formula is C18H17N3O3. The molecule has 3 rings (SSSR count). The monoisotopic (exact) mass is 323 g/mol. The molecule has 6 heteroatoms. The first-order valence-electron chi connectivity index (χ1n) is 7.76. The molecule has 6 nitrogen and oxygen atoms in total. The number of carboxylic acids is 1. The normalized spacial score (nSPS) is 13.0. The molecule has 0 spiro atoms. The standard InChI is InChI=1S/C18H17N3O3/c19-9-14-17(13-3-1-2-4-15(13)21-18(14)20)11-5-7-12(8-6-11)24-10-16(22)23/h5-8H,1-4,10H2,(H2,20,21)(H,22,23).